The van der Waals surface area contributed by atoms with Crippen LogP contribution in [0.15, 0.2) is 40.7 Å². The molecule has 1 aromatic carbocycles. The van der Waals surface area contributed by atoms with Gasteiger partial charge in [-0.25, -0.2) is 0 Å². The minimum Gasteiger partial charge on any atom is -0.497 e. The van der Waals surface area contributed by atoms with E-state index in [1.807, 2.05) is 12.1 Å². The van der Waals surface area contributed by atoms with Crippen LogP contribution in [0.3, 0.4) is 0 Å². The first-order valence-corrected chi connectivity index (χ1v) is 9.21. The molecule has 0 aliphatic rings. The lowest BCUT2D eigenvalue weighted by atomic mass is 10.1. The predicted molar refractivity (Wildman–Crippen MR) is 122 cm³/mol. The Balaban J connectivity index is 0.00000338. The van der Waals surface area contributed by atoms with Gasteiger partial charge in [-0.3, -0.25) is 4.99 Å². The van der Waals surface area contributed by atoms with E-state index in [1.165, 1.54) is 16.0 Å². The highest BCUT2D eigenvalue weighted by Crippen LogP contribution is 2.22. The molecular formula is C19H29IN4OS. The molecule has 1 unspecified atom stereocenters. The molecule has 2 aromatic rings. The monoisotopic (exact) mass is 488 g/mol. The van der Waals surface area contributed by atoms with Gasteiger partial charge in [0.2, 0.25) is 0 Å². The van der Waals surface area contributed by atoms with Crippen molar-refractivity contribution >= 4 is 41.3 Å². The number of rotatable bonds is 7. The normalized spacial score (nSPS) is 12.5. The molecule has 2 N–H and O–H groups in total. The molecule has 5 nitrogen and oxygen atoms in total. The van der Waals surface area contributed by atoms with Crippen LogP contribution in [0.5, 0.6) is 5.75 Å². The summed E-state index contributed by atoms with van der Waals surface area (Å²) in [4.78, 5) is 7.86. The summed E-state index contributed by atoms with van der Waals surface area (Å²) in [7, 11) is 7.65. The van der Waals surface area contributed by atoms with Crippen molar-refractivity contribution in [3.05, 3.63) is 51.7 Å². The topological polar surface area (TPSA) is 48.9 Å². The second-order valence-electron chi connectivity index (χ2n) is 6.09. The van der Waals surface area contributed by atoms with Crippen molar-refractivity contribution in [2.24, 2.45) is 4.99 Å². The van der Waals surface area contributed by atoms with E-state index in [4.69, 9.17) is 4.74 Å². The molecular weight excluding hydrogens is 459 g/mol. The maximum atomic E-state index is 5.35. The Bertz CT molecular complexity index is 702. The Morgan fingerprint density at radius 1 is 1.27 bits per heavy atom. The summed E-state index contributed by atoms with van der Waals surface area (Å²) in [6, 6.07) is 10.6. The number of nitrogens with zero attached hydrogens (tertiary/aromatic N) is 2. The van der Waals surface area contributed by atoms with Crippen LogP contribution in [0.25, 0.3) is 0 Å². The van der Waals surface area contributed by atoms with Gasteiger partial charge in [0.15, 0.2) is 5.96 Å². The maximum Gasteiger partial charge on any atom is 0.191 e. The smallest absolute Gasteiger partial charge is 0.191 e. The van der Waals surface area contributed by atoms with Crippen LogP contribution < -0.4 is 15.4 Å². The van der Waals surface area contributed by atoms with Crippen molar-refractivity contribution in [2.45, 2.75) is 19.5 Å². The number of hydrogen-bond donors (Lipinski definition) is 2. The quantitative estimate of drug-likeness (QED) is 0.355. The lowest BCUT2D eigenvalue weighted by Crippen LogP contribution is -2.41. The van der Waals surface area contributed by atoms with E-state index in [9.17, 15) is 0 Å². The number of hydrogen-bond acceptors (Lipinski definition) is 4. The molecule has 0 saturated heterocycles. The number of ether oxygens (including phenoxy) is 1. The summed E-state index contributed by atoms with van der Waals surface area (Å²) in [5, 5.41) is 8.94. The van der Waals surface area contributed by atoms with Crippen LogP contribution in [0, 0.1) is 6.92 Å². The minimum atomic E-state index is 0. The third-order valence-electron chi connectivity index (χ3n) is 4.17. The second kappa shape index (κ2) is 11.4. The number of halogens is 1. The Morgan fingerprint density at radius 3 is 2.62 bits per heavy atom. The van der Waals surface area contributed by atoms with Crippen LogP contribution in [-0.4, -0.2) is 45.7 Å². The van der Waals surface area contributed by atoms with Crippen molar-refractivity contribution in [3.63, 3.8) is 0 Å². The summed E-state index contributed by atoms with van der Waals surface area (Å²) in [5.41, 5.74) is 2.52. The molecule has 0 radical (unpaired) electrons. The molecule has 1 aromatic heterocycles. The molecule has 0 spiro atoms. The van der Waals surface area contributed by atoms with Gasteiger partial charge in [-0.1, -0.05) is 12.1 Å². The predicted octanol–water partition coefficient (Wildman–Crippen LogP) is 3.65. The van der Waals surface area contributed by atoms with E-state index in [0.29, 0.717) is 0 Å². The summed E-state index contributed by atoms with van der Waals surface area (Å²) in [6.07, 6.45) is 0. The van der Waals surface area contributed by atoms with Gasteiger partial charge >= 0.3 is 0 Å². The van der Waals surface area contributed by atoms with E-state index in [2.05, 4.69) is 65.1 Å². The van der Waals surface area contributed by atoms with Crippen molar-refractivity contribution in [1.29, 1.82) is 0 Å². The molecule has 1 atom stereocenters. The Hall–Kier alpha value is -1.32. The molecule has 0 bridgehead atoms. The molecule has 0 aliphatic heterocycles. The number of methoxy groups -OCH3 is 1. The average molecular weight is 488 g/mol. The van der Waals surface area contributed by atoms with Crippen molar-refractivity contribution in [2.75, 3.05) is 34.8 Å². The molecule has 0 aliphatic carbocycles. The second-order valence-corrected chi connectivity index (χ2v) is 7.09. The van der Waals surface area contributed by atoms with Gasteiger partial charge in [-0.05, 0) is 55.7 Å². The first kappa shape index (κ1) is 22.7. The summed E-state index contributed by atoms with van der Waals surface area (Å²) < 4.78 is 5.35. The standard InChI is InChI=1S/C19H28N4OS.HI/c1-14-9-10-25-18(14)13-22-19(20-2)21-12-17(23(3)4)15-7-6-8-16(11-15)24-5;/h6-11,17H,12-13H2,1-5H3,(H2,20,21,22);1H. The first-order chi connectivity index (χ1) is 12.0. The summed E-state index contributed by atoms with van der Waals surface area (Å²) >= 11 is 1.76. The molecule has 0 saturated carbocycles. The highest BCUT2D eigenvalue weighted by atomic mass is 127. The SMILES string of the molecule is CN=C(NCc1sccc1C)NCC(c1cccc(OC)c1)N(C)C.I. The zero-order chi connectivity index (χ0) is 18.2. The van der Waals surface area contributed by atoms with Crippen LogP contribution >= 0.6 is 35.3 Å². The van der Waals surface area contributed by atoms with E-state index < -0.39 is 0 Å². The van der Waals surface area contributed by atoms with Crippen molar-refractivity contribution in [3.8, 4) is 5.75 Å². The van der Waals surface area contributed by atoms with E-state index in [1.54, 1.807) is 25.5 Å². The number of likely N-dealkylation sites (N-methyl/N-ethyl adjacent to an activating group) is 1. The Kier molecular flexibility index (Phi) is 9.97. The molecule has 7 heteroatoms. The van der Waals surface area contributed by atoms with Crippen LogP contribution in [-0.2, 0) is 6.54 Å². The number of nitrogens with one attached hydrogen (secondary N) is 2. The maximum absolute atomic E-state index is 5.35. The van der Waals surface area contributed by atoms with Crippen molar-refractivity contribution < 1.29 is 4.74 Å². The lowest BCUT2D eigenvalue weighted by molar-refractivity contribution is 0.297. The largest absolute Gasteiger partial charge is 0.497 e. The zero-order valence-corrected chi connectivity index (χ0v) is 19.2. The molecule has 26 heavy (non-hydrogen) atoms. The Labute approximate surface area is 177 Å². The van der Waals surface area contributed by atoms with Crippen LogP contribution in [0.4, 0.5) is 0 Å². The van der Waals surface area contributed by atoms with Gasteiger partial charge in [0, 0.05) is 18.5 Å². The summed E-state index contributed by atoms with van der Waals surface area (Å²) in [6.45, 7) is 3.67. The van der Waals surface area contributed by atoms with Gasteiger partial charge in [0.1, 0.15) is 5.75 Å². The zero-order valence-electron chi connectivity index (χ0n) is 16.1. The van der Waals surface area contributed by atoms with Crippen LogP contribution in [0.2, 0.25) is 0 Å². The number of guanidine groups is 1. The number of benzene rings is 1. The van der Waals surface area contributed by atoms with Gasteiger partial charge < -0.3 is 20.3 Å². The summed E-state index contributed by atoms with van der Waals surface area (Å²) in [5.74, 6) is 1.68. The van der Waals surface area contributed by atoms with E-state index in [-0.39, 0.29) is 30.0 Å². The fraction of sp³-hybridized carbons (Fsp3) is 0.421. The molecule has 2 rings (SSSR count). The van der Waals surface area contributed by atoms with Crippen molar-refractivity contribution in [1.82, 2.24) is 15.5 Å². The number of aryl methyl sites for hydroxylation is 1. The molecule has 144 valence electrons. The highest BCUT2D eigenvalue weighted by molar-refractivity contribution is 14.0. The van der Waals surface area contributed by atoms with Gasteiger partial charge in [-0.15, -0.1) is 35.3 Å². The third kappa shape index (κ3) is 6.44. The first-order valence-electron chi connectivity index (χ1n) is 8.33. The van der Waals surface area contributed by atoms with Gasteiger partial charge in [0.05, 0.1) is 19.7 Å². The van der Waals surface area contributed by atoms with E-state index in [0.717, 1.165) is 24.8 Å². The van der Waals surface area contributed by atoms with Gasteiger partial charge in [-0.2, -0.15) is 0 Å². The Morgan fingerprint density at radius 2 is 2.04 bits per heavy atom. The number of thiophene rings is 1. The molecule has 0 fully saturated rings. The van der Waals surface area contributed by atoms with E-state index >= 15 is 0 Å². The highest BCUT2D eigenvalue weighted by Gasteiger charge is 2.15. The minimum absolute atomic E-state index is 0. The average Bonchev–Trinajstić information content (AvgIpc) is 3.02. The fourth-order valence-electron chi connectivity index (χ4n) is 2.61. The third-order valence-corrected chi connectivity index (χ3v) is 5.20. The molecule has 1 heterocycles. The lowest BCUT2D eigenvalue weighted by Gasteiger charge is -2.26. The fourth-order valence-corrected chi connectivity index (χ4v) is 3.46. The van der Waals surface area contributed by atoms with Crippen LogP contribution in [0.1, 0.15) is 22.0 Å². The number of aliphatic imine (C=N–C) groups is 1. The van der Waals surface area contributed by atoms with Gasteiger partial charge in [0.25, 0.3) is 0 Å². The molecule has 0 amide bonds.